The van der Waals surface area contributed by atoms with Gasteiger partial charge in [-0.2, -0.15) is 5.10 Å². The van der Waals surface area contributed by atoms with Crippen molar-refractivity contribution in [3.8, 4) is 0 Å². The lowest BCUT2D eigenvalue weighted by Gasteiger charge is -2.04. The zero-order chi connectivity index (χ0) is 17.7. The molecule has 1 amide bonds. The summed E-state index contributed by atoms with van der Waals surface area (Å²) < 4.78 is 0. The van der Waals surface area contributed by atoms with Crippen LogP contribution in [0.3, 0.4) is 0 Å². The van der Waals surface area contributed by atoms with Crippen molar-refractivity contribution < 1.29 is 9.72 Å². The zero-order valence-corrected chi connectivity index (χ0v) is 13.8. The van der Waals surface area contributed by atoms with Gasteiger partial charge in [0.25, 0.3) is 11.6 Å². The molecule has 0 aliphatic heterocycles. The van der Waals surface area contributed by atoms with Gasteiger partial charge in [-0.05, 0) is 30.0 Å². The Morgan fingerprint density at radius 3 is 2.46 bits per heavy atom. The number of aryl methyl sites for hydroxylation is 1. The lowest BCUT2D eigenvalue weighted by Crippen LogP contribution is -2.17. The predicted molar refractivity (Wildman–Crippen MR) is 93.4 cm³/mol. The second-order valence-electron chi connectivity index (χ2n) is 5.78. The van der Waals surface area contributed by atoms with Crippen LogP contribution in [0.25, 0.3) is 0 Å². The number of nitrogens with zero attached hydrogens (tertiary/aromatic N) is 2. The molecule has 0 saturated carbocycles. The van der Waals surface area contributed by atoms with Crippen LogP contribution in [0.15, 0.2) is 47.6 Å². The van der Waals surface area contributed by atoms with E-state index in [2.05, 4.69) is 24.4 Å². The molecular formula is C18H19N3O3. The third kappa shape index (κ3) is 4.25. The zero-order valence-electron chi connectivity index (χ0n) is 13.8. The molecule has 0 unspecified atom stereocenters. The standard InChI is InChI=1S/C18H19N3O3/c1-12(2)15-8-5-14(6-9-15)11-19-20-18(22)16-7-4-13(3)17(10-16)21(23)24/h4-12H,1-3H3,(H,20,22)/b19-11+. The molecule has 0 aliphatic rings. The predicted octanol–water partition coefficient (Wildman–Crippen LogP) is 3.79. The second-order valence-corrected chi connectivity index (χ2v) is 5.78. The highest BCUT2D eigenvalue weighted by Gasteiger charge is 2.14. The molecule has 24 heavy (non-hydrogen) atoms. The van der Waals surface area contributed by atoms with E-state index in [-0.39, 0.29) is 11.3 Å². The van der Waals surface area contributed by atoms with Crippen LogP contribution in [0.5, 0.6) is 0 Å². The number of carbonyl (C=O) groups excluding carboxylic acids is 1. The summed E-state index contributed by atoms with van der Waals surface area (Å²) in [6.45, 7) is 5.85. The first-order chi connectivity index (χ1) is 11.4. The fourth-order valence-corrected chi connectivity index (χ4v) is 2.14. The van der Waals surface area contributed by atoms with Gasteiger partial charge >= 0.3 is 0 Å². The Morgan fingerprint density at radius 2 is 1.88 bits per heavy atom. The monoisotopic (exact) mass is 325 g/mol. The van der Waals surface area contributed by atoms with Crippen molar-refractivity contribution in [2.75, 3.05) is 0 Å². The molecule has 124 valence electrons. The molecule has 0 atom stereocenters. The van der Waals surface area contributed by atoms with Gasteiger partial charge in [0.05, 0.1) is 11.1 Å². The van der Waals surface area contributed by atoms with Gasteiger partial charge in [-0.25, -0.2) is 5.43 Å². The van der Waals surface area contributed by atoms with Gasteiger partial charge in [0, 0.05) is 17.2 Å². The fourth-order valence-electron chi connectivity index (χ4n) is 2.14. The van der Waals surface area contributed by atoms with Crippen molar-refractivity contribution in [2.45, 2.75) is 26.7 Å². The molecule has 2 aromatic carbocycles. The minimum Gasteiger partial charge on any atom is -0.267 e. The number of benzene rings is 2. The second kappa shape index (κ2) is 7.50. The van der Waals surface area contributed by atoms with Gasteiger partial charge in [-0.1, -0.05) is 44.2 Å². The van der Waals surface area contributed by atoms with Crippen molar-refractivity contribution in [1.29, 1.82) is 0 Å². The molecule has 0 aromatic heterocycles. The molecule has 0 bridgehead atoms. The average Bonchev–Trinajstić information content (AvgIpc) is 2.55. The highest BCUT2D eigenvalue weighted by molar-refractivity contribution is 5.95. The van der Waals surface area contributed by atoms with Crippen molar-refractivity contribution in [2.24, 2.45) is 5.10 Å². The third-order valence-electron chi connectivity index (χ3n) is 3.65. The van der Waals surface area contributed by atoms with Crippen molar-refractivity contribution >= 4 is 17.8 Å². The van der Waals surface area contributed by atoms with Gasteiger partial charge in [-0.15, -0.1) is 0 Å². The molecule has 0 saturated heterocycles. The Balaban J connectivity index is 2.05. The average molecular weight is 325 g/mol. The number of nitro benzene ring substituents is 1. The van der Waals surface area contributed by atoms with Crippen LogP contribution in [0, 0.1) is 17.0 Å². The molecule has 6 heteroatoms. The topological polar surface area (TPSA) is 84.6 Å². The van der Waals surface area contributed by atoms with E-state index in [1.165, 1.54) is 23.9 Å². The molecule has 6 nitrogen and oxygen atoms in total. The largest absolute Gasteiger partial charge is 0.273 e. The fraction of sp³-hybridized carbons (Fsp3) is 0.222. The van der Waals surface area contributed by atoms with Crippen molar-refractivity contribution in [3.05, 3.63) is 74.8 Å². The Bertz CT molecular complexity index is 781. The van der Waals surface area contributed by atoms with E-state index >= 15 is 0 Å². The lowest BCUT2D eigenvalue weighted by atomic mass is 10.0. The van der Waals surface area contributed by atoms with Crippen molar-refractivity contribution in [1.82, 2.24) is 5.43 Å². The van der Waals surface area contributed by atoms with E-state index in [9.17, 15) is 14.9 Å². The smallest absolute Gasteiger partial charge is 0.267 e. The molecular weight excluding hydrogens is 306 g/mol. The van der Waals surface area contributed by atoms with Crippen LogP contribution in [0.2, 0.25) is 0 Å². The summed E-state index contributed by atoms with van der Waals surface area (Å²) in [4.78, 5) is 22.4. The maximum Gasteiger partial charge on any atom is 0.273 e. The first kappa shape index (κ1) is 17.3. The van der Waals surface area contributed by atoms with E-state index < -0.39 is 10.8 Å². The van der Waals surface area contributed by atoms with E-state index in [1.807, 2.05) is 24.3 Å². The molecule has 0 heterocycles. The summed E-state index contributed by atoms with van der Waals surface area (Å²) in [5.41, 5.74) is 5.07. The number of hydrogen-bond acceptors (Lipinski definition) is 4. The molecule has 1 N–H and O–H groups in total. The van der Waals surface area contributed by atoms with Gasteiger partial charge in [-0.3, -0.25) is 14.9 Å². The molecule has 2 rings (SSSR count). The third-order valence-corrected chi connectivity index (χ3v) is 3.65. The number of nitrogens with one attached hydrogen (secondary N) is 1. The Morgan fingerprint density at radius 1 is 1.21 bits per heavy atom. The van der Waals surface area contributed by atoms with Crippen LogP contribution in [0.1, 0.15) is 46.8 Å². The molecule has 0 spiro atoms. The van der Waals surface area contributed by atoms with E-state index in [0.29, 0.717) is 11.5 Å². The summed E-state index contributed by atoms with van der Waals surface area (Å²) in [6.07, 6.45) is 1.53. The number of nitro groups is 1. The number of amides is 1. The first-order valence-corrected chi connectivity index (χ1v) is 7.57. The summed E-state index contributed by atoms with van der Waals surface area (Å²) in [7, 11) is 0. The van der Waals surface area contributed by atoms with Gasteiger partial charge in [0.1, 0.15) is 0 Å². The maximum atomic E-state index is 12.0. The number of carbonyl (C=O) groups is 1. The molecule has 2 aromatic rings. The van der Waals surface area contributed by atoms with Gasteiger partial charge in [0.15, 0.2) is 0 Å². The van der Waals surface area contributed by atoms with Crippen molar-refractivity contribution in [3.63, 3.8) is 0 Å². The quantitative estimate of drug-likeness (QED) is 0.515. The van der Waals surface area contributed by atoms with Gasteiger partial charge < -0.3 is 0 Å². The van der Waals surface area contributed by atoms with Crippen LogP contribution in [0.4, 0.5) is 5.69 Å². The normalized spacial score (nSPS) is 11.0. The number of rotatable bonds is 5. The van der Waals surface area contributed by atoms with Gasteiger partial charge in [0.2, 0.25) is 0 Å². The van der Waals surface area contributed by atoms with E-state index in [0.717, 1.165) is 5.56 Å². The molecule has 0 aliphatic carbocycles. The first-order valence-electron chi connectivity index (χ1n) is 7.57. The highest BCUT2D eigenvalue weighted by atomic mass is 16.6. The Kier molecular flexibility index (Phi) is 5.42. The summed E-state index contributed by atoms with van der Waals surface area (Å²) >= 11 is 0. The summed E-state index contributed by atoms with van der Waals surface area (Å²) in [6, 6.07) is 12.2. The molecule has 0 fully saturated rings. The summed E-state index contributed by atoms with van der Waals surface area (Å²) in [5, 5.41) is 14.8. The SMILES string of the molecule is Cc1ccc(C(=O)N/N=C/c2ccc(C(C)C)cc2)cc1[N+](=O)[O-]. The number of hydrazone groups is 1. The van der Waals surface area contributed by atoms with Crippen LogP contribution in [-0.4, -0.2) is 17.0 Å². The van der Waals surface area contributed by atoms with E-state index in [4.69, 9.17) is 0 Å². The Hall–Kier alpha value is -3.02. The Labute approximate surface area is 140 Å². The lowest BCUT2D eigenvalue weighted by molar-refractivity contribution is -0.385. The highest BCUT2D eigenvalue weighted by Crippen LogP contribution is 2.19. The van der Waals surface area contributed by atoms with E-state index in [1.54, 1.807) is 13.0 Å². The molecule has 0 radical (unpaired) electrons. The summed E-state index contributed by atoms with van der Waals surface area (Å²) in [5.74, 6) is -0.0406. The minimum atomic E-state index is -0.508. The van der Waals surface area contributed by atoms with Crippen LogP contribution >= 0.6 is 0 Å². The van der Waals surface area contributed by atoms with Crippen LogP contribution < -0.4 is 5.43 Å². The minimum absolute atomic E-state index is 0.0871. The number of hydrogen-bond donors (Lipinski definition) is 1. The maximum absolute atomic E-state index is 12.0. The van der Waals surface area contributed by atoms with Crippen LogP contribution in [-0.2, 0) is 0 Å².